The van der Waals surface area contributed by atoms with Gasteiger partial charge in [0.25, 0.3) is 0 Å². The zero-order chi connectivity index (χ0) is 15.7. The Kier molecular flexibility index (Phi) is 3.52. The number of rotatable bonds is 4. The molecule has 4 heteroatoms. The summed E-state index contributed by atoms with van der Waals surface area (Å²) in [6.07, 6.45) is 12.4. The number of carbonyl (C=O) groups is 1. The molecule has 2 fully saturated rings. The van der Waals surface area contributed by atoms with Gasteiger partial charge in [0.05, 0.1) is 0 Å². The third-order valence-corrected chi connectivity index (χ3v) is 5.11. The van der Waals surface area contributed by atoms with E-state index in [4.69, 9.17) is 4.74 Å². The summed E-state index contributed by atoms with van der Waals surface area (Å²) in [6, 6.07) is 7.88. The van der Waals surface area contributed by atoms with Crippen molar-refractivity contribution in [1.29, 1.82) is 0 Å². The second-order valence-electron chi connectivity index (χ2n) is 6.61. The molecule has 2 bridgehead atoms. The van der Waals surface area contributed by atoms with Gasteiger partial charge in [0.2, 0.25) is 0 Å². The van der Waals surface area contributed by atoms with Gasteiger partial charge in [-0.2, -0.15) is 0 Å². The maximum atomic E-state index is 12.2. The molecule has 23 heavy (non-hydrogen) atoms. The number of aromatic nitrogens is 2. The topological polar surface area (TPSA) is 55.0 Å². The fourth-order valence-electron chi connectivity index (χ4n) is 3.96. The fourth-order valence-corrected chi connectivity index (χ4v) is 3.96. The molecule has 0 unspecified atom stereocenters. The normalized spacial score (nSPS) is 26.0. The monoisotopic (exact) mass is 308 g/mol. The van der Waals surface area contributed by atoms with Gasteiger partial charge in [-0.1, -0.05) is 24.3 Å². The van der Waals surface area contributed by atoms with Crippen LogP contribution in [0.2, 0.25) is 0 Å². The quantitative estimate of drug-likeness (QED) is 0.687. The van der Waals surface area contributed by atoms with Gasteiger partial charge in [-0.3, -0.25) is 0 Å². The molecule has 0 radical (unpaired) electrons. The van der Waals surface area contributed by atoms with Crippen LogP contribution in [-0.2, 0) is 9.53 Å². The Hall–Kier alpha value is -2.36. The molecule has 2 aromatic rings. The van der Waals surface area contributed by atoms with Crippen molar-refractivity contribution in [3.05, 3.63) is 48.3 Å². The molecule has 0 saturated heterocycles. The maximum Gasteiger partial charge on any atom is 0.331 e. The van der Waals surface area contributed by atoms with Crippen molar-refractivity contribution in [2.24, 2.45) is 5.92 Å². The minimum absolute atomic E-state index is 0.174. The summed E-state index contributed by atoms with van der Waals surface area (Å²) in [5, 5.41) is 0. The van der Waals surface area contributed by atoms with E-state index in [1.54, 1.807) is 18.5 Å². The number of carbonyl (C=O) groups excluding carboxylic acids is 1. The second-order valence-corrected chi connectivity index (χ2v) is 6.61. The Morgan fingerprint density at radius 3 is 2.83 bits per heavy atom. The number of esters is 1. The molecule has 1 N–H and O–H groups in total. The van der Waals surface area contributed by atoms with Crippen LogP contribution in [0.3, 0.4) is 0 Å². The van der Waals surface area contributed by atoms with E-state index < -0.39 is 0 Å². The first-order valence-corrected chi connectivity index (χ1v) is 8.24. The van der Waals surface area contributed by atoms with E-state index in [1.807, 2.05) is 30.3 Å². The van der Waals surface area contributed by atoms with Gasteiger partial charge in [0, 0.05) is 24.0 Å². The van der Waals surface area contributed by atoms with Crippen LogP contribution in [-0.4, -0.2) is 21.5 Å². The lowest BCUT2D eigenvalue weighted by molar-refractivity contribution is -0.152. The minimum Gasteiger partial charge on any atom is -0.456 e. The molecule has 2 saturated carbocycles. The molecule has 0 spiro atoms. The van der Waals surface area contributed by atoms with Gasteiger partial charge in [0.1, 0.15) is 11.4 Å². The predicted molar refractivity (Wildman–Crippen MR) is 88.5 cm³/mol. The van der Waals surface area contributed by atoms with Crippen LogP contribution in [0.1, 0.15) is 37.7 Å². The van der Waals surface area contributed by atoms with Crippen LogP contribution in [0.25, 0.3) is 17.5 Å². The molecular weight excluding hydrogens is 288 g/mol. The summed E-state index contributed by atoms with van der Waals surface area (Å²) in [4.78, 5) is 19.6. The number of hydrogen-bond acceptors (Lipinski definition) is 3. The average Bonchev–Trinajstić information content (AvgIpc) is 3.30. The summed E-state index contributed by atoms with van der Waals surface area (Å²) in [6.45, 7) is 0. The smallest absolute Gasteiger partial charge is 0.331 e. The molecule has 1 aromatic heterocycles. The molecule has 4 nitrogen and oxygen atoms in total. The average molecular weight is 308 g/mol. The summed E-state index contributed by atoms with van der Waals surface area (Å²) >= 11 is 0. The van der Waals surface area contributed by atoms with E-state index in [9.17, 15) is 4.79 Å². The van der Waals surface area contributed by atoms with Crippen molar-refractivity contribution < 1.29 is 9.53 Å². The van der Waals surface area contributed by atoms with E-state index >= 15 is 0 Å². The highest BCUT2D eigenvalue weighted by Gasteiger charge is 2.47. The van der Waals surface area contributed by atoms with Gasteiger partial charge < -0.3 is 9.72 Å². The molecule has 0 amide bonds. The van der Waals surface area contributed by atoms with Gasteiger partial charge in [0.15, 0.2) is 0 Å². The van der Waals surface area contributed by atoms with Crippen molar-refractivity contribution in [2.75, 3.05) is 0 Å². The number of hydrogen-bond donors (Lipinski definition) is 1. The SMILES string of the molecule is O=C(/C=C/c1ccccc1-c1ncc[nH]1)OC12CCC(CC1)C2. The van der Waals surface area contributed by atoms with Crippen LogP contribution in [0.5, 0.6) is 0 Å². The molecule has 118 valence electrons. The fraction of sp³-hybridized carbons (Fsp3) is 0.368. The lowest BCUT2D eigenvalue weighted by atomic mass is 9.97. The highest BCUT2D eigenvalue weighted by atomic mass is 16.6. The van der Waals surface area contributed by atoms with Crippen LogP contribution in [0, 0.1) is 5.92 Å². The Morgan fingerprint density at radius 2 is 2.13 bits per heavy atom. The first kappa shape index (κ1) is 14.2. The Bertz CT molecular complexity index is 726. The number of aromatic amines is 1. The molecule has 2 aliphatic rings. The molecule has 1 aromatic carbocycles. The lowest BCUT2D eigenvalue weighted by Gasteiger charge is -2.25. The van der Waals surface area contributed by atoms with Gasteiger partial charge in [-0.15, -0.1) is 0 Å². The zero-order valence-electron chi connectivity index (χ0n) is 13.0. The number of benzene rings is 1. The minimum atomic E-state index is -0.234. The number of nitrogens with one attached hydrogen (secondary N) is 1. The van der Waals surface area contributed by atoms with E-state index in [2.05, 4.69) is 9.97 Å². The van der Waals surface area contributed by atoms with E-state index in [-0.39, 0.29) is 11.6 Å². The van der Waals surface area contributed by atoms with E-state index in [1.165, 1.54) is 12.8 Å². The maximum absolute atomic E-state index is 12.2. The van der Waals surface area contributed by atoms with Crippen LogP contribution in [0.4, 0.5) is 0 Å². The second kappa shape index (κ2) is 5.69. The summed E-state index contributed by atoms with van der Waals surface area (Å²) in [5.41, 5.74) is 1.75. The Labute approximate surface area is 135 Å². The number of nitrogens with zero attached hydrogens (tertiary/aromatic N) is 1. The third kappa shape index (κ3) is 2.81. The summed E-state index contributed by atoms with van der Waals surface area (Å²) in [5.74, 6) is 1.33. The van der Waals surface area contributed by atoms with Gasteiger partial charge >= 0.3 is 5.97 Å². The number of H-pyrrole nitrogens is 1. The van der Waals surface area contributed by atoms with Crippen molar-refractivity contribution in [2.45, 2.75) is 37.7 Å². The molecule has 2 aliphatic carbocycles. The third-order valence-electron chi connectivity index (χ3n) is 5.11. The Balaban J connectivity index is 1.50. The molecule has 0 aliphatic heterocycles. The first-order chi connectivity index (χ1) is 11.2. The van der Waals surface area contributed by atoms with Crippen LogP contribution >= 0.6 is 0 Å². The summed E-state index contributed by atoms with van der Waals surface area (Å²) in [7, 11) is 0. The summed E-state index contributed by atoms with van der Waals surface area (Å²) < 4.78 is 5.79. The highest BCUT2D eigenvalue weighted by molar-refractivity contribution is 5.89. The lowest BCUT2D eigenvalue weighted by Crippen LogP contribution is -2.29. The van der Waals surface area contributed by atoms with E-state index in [0.717, 1.165) is 42.1 Å². The van der Waals surface area contributed by atoms with E-state index in [0.29, 0.717) is 0 Å². The van der Waals surface area contributed by atoms with Crippen LogP contribution in [0.15, 0.2) is 42.7 Å². The molecule has 4 rings (SSSR count). The first-order valence-electron chi connectivity index (χ1n) is 8.24. The van der Waals surface area contributed by atoms with Gasteiger partial charge in [-0.05, 0) is 49.7 Å². The predicted octanol–water partition coefficient (Wildman–Crippen LogP) is 3.97. The highest BCUT2D eigenvalue weighted by Crippen LogP contribution is 2.50. The largest absolute Gasteiger partial charge is 0.456 e. The molecule has 1 heterocycles. The van der Waals surface area contributed by atoms with Gasteiger partial charge in [-0.25, -0.2) is 9.78 Å². The zero-order valence-corrected chi connectivity index (χ0v) is 13.0. The molecular formula is C19H20N2O2. The number of imidazole rings is 1. The van der Waals surface area contributed by atoms with Crippen molar-refractivity contribution >= 4 is 12.0 Å². The van der Waals surface area contributed by atoms with Crippen molar-refractivity contribution in [1.82, 2.24) is 9.97 Å². The number of fused-ring (bicyclic) bond motifs is 2. The Morgan fingerprint density at radius 1 is 1.30 bits per heavy atom. The van der Waals surface area contributed by atoms with Crippen LogP contribution < -0.4 is 0 Å². The van der Waals surface area contributed by atoms with Crippen molar-refractivity contribution in [3.8, 4) is 11.4 Å². The van der Waals surface area contributed by atoms with Crippen molar-refractivity contribution in [3.63, 3.8) is 0 Å². The number of ether oxygens (including phenoxy) is 1. The molecule has 0 atom stereocenters. The standard InChI is InChI=1S/C19H20N2O2/c22-17(23-19-9-7-14(13-19)8-10-19)6-5-15-3-1-2-4-16(15)18-20-11-12-21-18/h1-6,11-12,14H,7-10,13H2,(H,20,21)/b6-5+.